The van der Waals surface area contributed by atoms with Crippen molar-refractivity contribution < 1.29 is 14.0 Å². The fourth-order valence-electron chi connectivity index (χ4n) is 2.93. The number of hydrogen-bond donors (Lipinski definition) is 2. The molecule has 0 unspecified atom stereocenters. The number of rotatable bonds is 8. The number of nitrogens with one attached hydrogen (secondary N) is 2. The van der Waals surface area contributed by atoms with E-state index < -0.39 is 23.0 Å². The Bertz CT molecular complexity index is 1110. The molecule has 0 aliphatic rings. The molecule has 2 aromatic heterocycles. The third-order valence-electron chi connectivity index (χ3n) is 4.83. The number of thiazole rings is 1. The summed E-state index contributed by atoms with van der Waals surface area (Å²) in [5.41, 5.74) is 0.863. The molecule has 170 valence electrons. The second kappa shape index (κ2) is 10.2. The summed E-state index contributed by atoms with van der Waals surface area (Å²) >= 11 is 2.71. The molecule has 2 N–H and O–H groups in total. The molecule has 0 fully saturated rings. The number of hydrogen-bond acceptors (Lipinski definition) is 7. The number of carbonyl (C=O) groups excluding carboxylic acids is 2. The molecule has 2 amide bonds. The smallest absolute Gasteiger partial charge is 0.254 e. The lowest BCUT2D eigenvalue weighted by Gasteiger charge is -2.16. The highest BCUT2D eigenvalue weighted by Gasteiger charge is 2.24. The number of halogens is 1. The van der Waals surface area contributed by atoms with Crippen LogP contribution in [0, 0.1) is 19.7 Å². The van der Waals surface area contributed by atoms with Crippen LogP contribution in [-0.2, 0) is 11.3 Å². The van der Waals surface area contributed by atoms with E-state index in [9.17, 15) is 14.0 Å². The molecular formula is C21H25FN6O2S2. The summed E-state index contributed by atoms with van der Waals surface area (Å²) < 4.78 is 15.7. The van der Waals surface area contributed by atoms with Gasteiger partial charge in [0.1, 0.15) is 5.82 Å². The Morgan fingerprint density at radius 2 is 1.94 bits per heavy atom. The average Bonchev–Trinajstić information content (AvgIpc) is 3.30. The highest BCUT2D eigenvalue weighted by Crippen LogP contribution is 2.27. The number of amides is 2. The molecule has 0 bridgehead atoms. The lowest BCUT2D eigenvalue weighted by molar-refractivity contribution is -0.115. The number of benzene rings is 1. The maximum Gasteiger partial charge on any atom is 0.254 e. The molecule has 3 aromatic rings. The van der Waals surface area contributed by atoms with Crippen molar-refractivity contribution >= 4 is 40.0 Å². The van der Waals surface area contributed by atoms with Gasteiger partial charge in [-0.25, -0.2) is 9.37 Å². The number of nitrogens with zero attached hydrogens (tertiary/aromatic N) is 4. The Morgan fingerprint density at radius 1 is 1.22 bits per heavy atom. The summed E-state index contributed by atoms with van der Waals surface area (Å²) in [6.45, 7) is 9.87. The van der Waals surface area contributed by atoms with Crippen LogP contribution in [0.15, 0.2) is 29.4 Å². The van der Waals surface area contributed by atoms with E-state index >= 15 is 0 Å². The third kappa shape index (κ3) is 5.33. The van der Waals surface area contributed by atoms with E-state index in [0.29, 0.717) is 22.7 Å². The predicted molar refractivity (Wildman–Crippen MR) is 124 cm³/mol. The quantitative estimate of drug-likeness (QED) is 0.474. The average molecular weight is 477 g/mol. The van der Waals surface area contributed by atoms with Crippen LogP contribution in [0.1, 0.15) is 53.6 Å². The largest absolute Gasteiger partial charge is 0.342 e. The van der Waals surface area contributed by atoms with Crippen LogP contribution in [0.4, 0.5) is 9.52 Å². The second-order valence-electron chi connectivity index (χ2n) is 7.17. The van der Waals surface area contributed by atoms with Gasteiger partial charge in [-0.2, -0.15) is 0 Å². The zero-order valence-electron chi connectivity index (χ0n) is 18.5. The Hall–Kier alpha value is -2.79. The fourth-order valence-corrected chi connectivity index (χ4v) is 4.67. The summed E-state index contributed by atoms with van der Waals surface area (Å²) in [7, 11) is 0. The van der Waals surface area contributed by atoms with Crippen LogP contribution < -0.4 is 10.6 Å². The normalized spacial score (nSPS) is 12.9. The number of aromatic nitrogens is 4. The number of anilines is 1. The lowest BCUT2D eigenvalue weighted by atomic mass is 10.2. The van der Waals surface area contributed by atoms with Gasteiger partial charge in [0, 0.05) is 11.4 Å². The van der Waals surface area contributed by atoms with Gasteiger partial charge in [-0.3, -0.25) is 9.59 Å². The van der Waals surface area contributed by atoms with E-state index in [1.54, 1.807) is 19.9 Å². The molecule has 2 heterocycles. The summed E-state index contributed by atoms with van der Waals surface area (Å²) in [6, 6.07) is 5.29. The van der Waals surface area contributed by atoms with Gasteiger partial charge in [-0.15, -0.1) is 21.5 Å². The van der Waals surface area contributed by atoms with Crippen molar-refractivity contribution in [3.05, 3.63) is 52.0 Å². The minimum absolute atomic E-state index is 0.0329. The second-order valence-corrected chi connectivity index (χ2v) is 9.68. The van der Waals surface area contributed by atoms with Gasteiger partial charge in [-0.05, 0) is 46.8 Å². The first kappa shape index (κ1) is 23.9. The number of thioether (sulfide) groups is 1. The lowest BCUT2D eigenvalue weighted by Crippen LogP contribution is -2.29. The minimum atomic E-state index is -0.587. The monoisotopic (exact) mass is 476 g/mol. The van der Waals surface area contributed by atoms with E-state index in [2.05, 4.69) is 25.8 Å². The van der Waals surface area contributed by atoms with Crippen molar-refractivity contribution in [1.29, 1.82) is 0 Å². The Morgan fingerprint density at radius 3 is 2.56 bits per heavy atom. The van der Waals surface area contributed by atoms with Gasteiger partial charge in [0.05, 0.1) is 22.5 Å². The van der Waals surface area contributed by atoms with Crippen molar-refractivity contribution in [3.63, 3.8) is 0 Å². The van der Waals surface area contributed by atoms with Crippen molar-refractivity contribution in [1.82, 2.24) is 25.1 Å². The molecular weight excluding hydrogens is 451 g/mol. The van der Waals surface area contributed by atoms with E-state index in [1.807, 2.05) is 25.3 Å². The Labute approximate surface area is 194 Å². The summed E-state index contributed by atoms with van der Waals surface area (Å²) in [6.07, 6.45) is 0. The van der Waals surface area contributed by atoms with Crippen LogP contribution in [0.5, 0.6) is 0 Å². The van der Waals surface area contributed by atoms with Gasteiger partial charge >= 0.3 is 0 Å². The molecule has 0 saturated carbocycles. The SMILES string of the molecule is CCn1c(S[C@H](C)C(=O)Nc2nc(C)c(C)s2)nnc1[C@H](C)NC(=O)c1ccccc1F. The van der Waals surface area contributed by atoms with Crippen LogP contribution in [0.2, 0.25) is 0 Å². The molecule has 1 aromatic carbocycles. The van der Waals surface area contributed by atoms with E-state index in [4.69, 9.17) is 0 Å². The Kier molecular flexibility index (Phi) is 7.62. The van der Waals surface area contributed by atoms with Gasteiger partial charge in [0.2, 0.25) is 5.91 Å². The van der Waals surface area contributed by atoms with Crippen molar-refractivity contribution in [2.45, 2.75) is 57.6 Å². The van der Waals surface area contributed by atoms with Gasteiger partial charge < -0.3 is 15.2 Å². The van der Waals surface area contributed by atoms with Gasteiger partial charge in [0.25, 0.3) is 5.91 Å². The van der Waals surface area contributed by atoms with Gasteiger partial charge in [-0.1, -0.05) is 23.9 Å². The first-order valence-electron chi connectivity index (χ1n) is 10.1. The molecule has 0 saturated heterocycles. The number of aryl methyl sites for hydroxylation is 2. The van der Waals surface area contributed by atoms with Crippen LogP contribution in [0.3, 0.4) is 0 Å². The zero-order valence-corrected chi connectivity index (χ0v) is 20.1. The maximum absolute atomic E-state index is 13.9. The predicted octanol–water partition coefficient (Wildman–Crippen LogP) is 4.12. The molecule has 0 aliphatic carbocycles. The van der Waals surface area contributed by atoms with Crippen LogP contribution in [0.25, 0.3) is 0 Å². The standard InChI is InChI=1S/C21H25FN6O2S2/c1-6-28-17(12(3)23-19(30)15-9-7-8-10-16(15)22)26-27-21(28)32-14(5)18(29)25-20-24-11(2)13(4)31-20/h7-10,12,14H,6H2,1-5H3,(H,23,30)(H,24,25,29)/t12-,14+/m0/s1. The summed E-state index contributed by atoms with van der Waals surface area (Å²) in [4.78, 5) is 30.4. The van der Waals surface area contributed by atoms with Crippen LogP contribution >= 0.6 is 23.1 Å². The topological polar surface area (TPSA) is 102 Å². The molecule has 0 radical (unpaired) electrons. The minimum Gasteiger partial charge on any atom is -0.342 e. The summed E-state index contributed by atoms with van der Waals surface area (Å²) in [5.74, 6) is -0.775. The van der Waals surface area contributed by atoms with E-state index in [0.717, 1.165) is 10.6 Å². The van der Waals surface area contributed by atoms with Gasteiger partial charge in [0.15, 0.2) is 16.1 Å². The Balaban J connectivity index is 1.68. The molecule has 0 spiro atoms. The maximum atomic E-state index is 13.9. The molecule has 32 heavy (non-hydrogen) atoms. The summed E-state index contributed by atoms with van der Waals surface area (Å²) in [5, 5.41) is 14.7. The highest BCUT2D eigenvalue weighted by atomic mass is 32.2. The van der Waals surface area contributed by atoms with Crippen LogP contribution in [-0.4, -0.2) is 36.8 Å². The van der Waals surface area contributed by atoms with E-state index in [-0.39, 0.29) is 11.5 Å². The third-order valence-corrected chi connectivity index (χ3v) is 6.89. The molecule has 0 aliphatic heterocycles. The fraction of sp³-hybridized carbons (Fsp3) is 0.381. The molecule has 11 heteroatoms. The molecule has 3 rings (SSSR count). The molecule has 2 atom stereocenters. The number of carbonyl (C=O) groups is 2. The van der Waals surface area contributed by atoms with Crippen molar-refractivity contribution in [2.75, 3.05) is 5.32 Å². The molecule has 8 nitrogen and oxygen atoms in total. The first-order chi connectivity index (χ1) is 15.2. The highest BCUT2D eigenvalue weighted by molar-refractivity contribution is 8.00. The first-order valence-corrected chi connectivity index (χ1v) is 11.8. The van der Waals surface area contributed by atoms with Crippen molar-refractivity contribution in [2.24, 2.45) is 0 Å². The van der Waals surface area contributed by atoms with E-state index in [1.165, 1.54) is 41.3 Å². The van der Waals surface area contributed by atoms with Crippen molar-refractivity contribution in [3.8, 4) is 0 Å². The zero-order chi connectivity index (χ0) is 23.4.